The Kier molecular flexibility index (Phi) is 4.73. The van der Waals surface area contributed by atoms with E-state index < -0.39 is 4.92 Å². The van der Waals surface area contributed by atoms with Crippen LogP contribution in [0.5, 0.6) is 5.75 Å². The fraction of sp³-hybridized carbons (Fsp3) is 0.111. The Morgan fingerprint density at radius 2 is 2.04 bits per heavy atom. The molecule has 1 aliphatic heterocycles. The lowest BCUT2D eigenvalue weighted by Crippen LogP contribution is -2.21. The summed E-state index contributed by atoms with van der Waals surface area (Å²) in [5.74, 6) is -0.177. The Bertz CT molecular complexity index is 969. The molecule has 0 radical (unpaired) electrons. The molecule has 0 aromatic heterocycles. The molecule has 0 bridgehead atoms. The maximum absolute atomic E-state index is 12.7. The lowest BCUT2D eigenvalue weighted by atomic mass is 10.1. The summed E-state index contributed by atoms with van der Waals surface area (Å²) in [5, 5.41) is 17.2. The second kappa shape index (κ2) is 6.97. The normalized spacial score (nSPS) is 15.3. The van der Waals surface area contributed by atoms with Crippen LogP contribution in [0.2, 0.25) is 5.02 Å². The van der Waals surface area contributed by atoms with Crippen LogP contribution in [0.15, 0.2) is 53.1 Å². The number of nitro benzene ring substituents is 1. The second-order valence-corrected chi connectivity index (χ2v) is 5.97. The molecule has 0 spiro atoms. The predicted molar refractivity (Wildman–Crippen MR) is 99.7 cm³/mol. The van der Waals surface area contributed by atoms with Crippen LogP contribution < -0.4 is 9.75 Å². The minimum absolute atomic E-state index is 0.154. The monoisotopic (exact) mass is 371 g/mol. The average Bonchev–Trinajstić information content (AvgIpc) is 2.90. The number of hydrogen-bond donors (Lipinski definition) is 0. The predicted octanol–water partition coefficient (Wildman–Crippen LogP) is 4.06. The maximum atomic E-state index is 12.7. The molecule has 8 heteroatoms. The van der Waals surface area contributed by atoms with Crippen LogP contribution in [0.25, 0.3) is 6.08 Å². The lowest BCUT2D eigenvalue weighted by molar-refractivity contribution is -0.385. The fourth-order valence-electron chi connectivity index (χ4n) is 2.57. The van der Waals surface area contributed by atoms with Crippen molar-refractivity contribution >= 4 is 40.7 Å². The van der Waals surface area contributed by atoms with Crippen LogP contribution in [0, 0.1) is 10.1 Å². The first-order valence-electron chi connectivity index (χ1n) is 7.60. The first-order chi connectivity index (χ1) is 12.4. The molecule has 26 heavy (non-hydrogen) atoms. The Morgan fingerprint density at radius 1 is 1.27 bits per heavy atom. The maximum Gasteiger partial charge on any atom is 0.311 e. The zero-order chi connectivity index (χ0) is 18.8. The summed E-state index contributed by atoms with van der Waals surface area (Å²) in [7, 11) is 1.36. The van der Waals surface area contributed by atoms with Gasteiger partial charge in [0.2, 0.25) is 0 Å². The van der Waals surface area contributed by atoms with Crippen molar-refractivity contribution in [2.45, 2.75) is 6.92 Å². The number of hydrogen-bond acceptors (Lipinski definition) is 5. The highest BCUT2D eigenvalue weighted by molar-refractivity contribution is 6.33. The molecule has 0 fully saturated rings. The summed E-state index contributed by atoms with van der Waals surface area (Å²) in [6.07, 6.45) is 1.57. The van der Waals surface area contributed by atoms with Gasteiger partial charge in [-0.2, -0.15) is 10.1 Å². The molecule has 132 valence electrons. The third-order valence-corrected chi connectivity index (χ3v) is 4.06. The number of benzene rings is 2. The molecule has 0 saturated carbocycles. The van der Waals surface area contributed by atoms with Crippen LogP contribution in [0.3, 0.4) is 0 Å². The number of nitrogens with zero attached hydrogens (tertiary/aromatic N) is 3. The number of nitro groups is 1. The SMILES string of the molecule is COc1ccc(/C=C2/C(=O)N(c3cccc(Cl)c3)N=C2C)cc1[N+](=O)[O-]. The fourth-order valence-corrected chi connectivity index (χ4v) is 2.76. The molecular formula is C18H14ClN3O4. The van der Waals surface area contributed by atoms with E-state index in [0.717, 1.165) is 0 Å². The summed E-state index contributed by atoms with van der Waals surface area (Å²) >= 11 is 5.97. The van der Waals surface area contributed by atoms with Crippen LogP contribution in [-0.2, 0) is 4.79 Å². The van der Waals surface area contributed by atoms with Gasteiger partial charge in [0.05, 0.1) is 29.0 Å². The van der Waals surface area contributed by atoms with Crippen molar-refractivity contribution in [3.8, 4) is 5.75 Å². The molecule has 0 atom stereocenters. The molecule has 2 aromatic rings. The van der Waals surface area contributed by atoms with Crippen LogP contribution in [0.4, 0.5) is 11.4 Å². The smallest absolute Gasteiger partial charge is 0.311 e. The van der Waals surface area contributed by atoms with Gasteiger partial charge in [0.1, 0.15) is 0 Å². The van der Waals surface area contributed by atoms with E-state index >= 15 is 0 Å². The minimum atomic E-state index is -0.531. The molecule has 7 nitrogen and oxygen atoms in total. The molecule has 1 amide bonds. The van der Waals surface area contributed by atoms with Gasteiger partial charge in [-0.1, -0.05) is 23.7 Å². The van der Waals surface area contributed by atoms with Gasteiger partial charge in [-0.15, -0.1) is 0 Å². The van der Waals surface area contributed by atoms with Crippen LogP contribution in [-0.4, -0.2) is 23.7 Å². The Hall–Kier alpha value is -3.19. The summed E-state index contributed by atoms with van der Waals surface area (Å²) in [4.78, 5) is 23.3. The van der Waals surface area contributed by atoms with Crippen molar-refractivity contribution < 1.29 is 14.5 Å². The zero-order valence-electron chi connectivity index (χ0n) is 14.0. The van der Waals surface area contributed by atoms with Crippen LogP contribution in [0.1, 0.15) is 12.5 Å². The molecule has 0 aliphatic carbocycles. The number of carbonyl (C=O) groups excluding carboxylic acids is 1. The Morgan fingerprint density at radius 3 is 2.69 bits per heavy atom. The number of carbonyl (C=O) groups is 1. The van der Waals surface area contributed by atoms with Crippen molar-refractivity contribution in [2.24, 2.45) is 5.10 Å². The van der Waals surface area contributed by atoms with Gasteiger partial charge < -0.3 is 4.74 Å². The molecule has 0 saturated heterocycles. The molecule has 3 rings (SSSR count). The first-order valence-corrected chi connectivity index (χ1v) is 7.98. The van der Waals surface area contributed by atoms with Gasteiger partial charge in [0, 0.05) is 11.1 Å². The summed E-state index contributed by atoms with van der Waals surface area (Å²) in [6, 6.07) is 11.3. The lowest BCUT2D eigenvalue weighted by Gasteiger charge is -2.11. The largest absolute Gasteiger partial charge is 0.490 e. The van der Waals surface area contributed by atoms with Gasteiger partial charge in [-0.05, 0) is 42.8 Å². The molecule has 2 aromatic carbocycles. The van der Waals surface area contributed by atoms with Crippen molar-refractivity contribution in [3.05, 3.63) is 68.7 Å². The third kappa shape index (κ3) is 3.29. The Balaban J connectivity index is 1.98. The summed E-state index contributed by atoms with van der Waals surface area (Å²) in [5.41, 5.74) is 1.74. The van der Waals surface area contributed by atoms with Crippen LogP contribution >= 0.6 is 11.6 Å². The van der Waals surface area contributed by atoms with Gasteiger partial charge in [0.15, 0.2) is 5.75 Å². The Labute approximate surface area is 154 Å². The molecule has 0 unspecified atom stereocenters. The first kappa shape index (κ1) is 17.6. The van der Waals surface area contributed by atoms with Crippen molar-refractivity contribution in [2.75, 3.05) is 12.1 Å². The molecule has 1 heterocycles. The van der Waals surface area contributed by atoms with E-state index in [1.165, 1.54) is 24.3 Å². The van der Waals surface area contributed by atoms with Gasteiger partial charge >= 0.3 is 5.69 Å². The highest BCUT2D eigenvalue weighted by atomic mass is 35.5. The van der Waals surface area contributed by atoms with E-state index in [9.17, 15) is 14.9 Å². The van der Waals surface area contributed by atoms with E-state index in [1.807, 2.05) is 0 Å². The minimum Gasteiger partial charge on any atom is -0.490 e. The number of hydrazone groups is 1. The van der Waals surface area contributed by atoms with E-state index in [-0.39, 0.29) is 17.3 Å². The summed E-state index contributed by atoms with van der Waals surface area (Å²) in [6.45, 7) is 1.70. The number of methoxy groups -OCH3 is 1. The van der Waals surface area contributed by atoms with Crippen molar-refractivity contribution in [1.82, 2.24) is 0 Å². The average molecular weight is 372 g/mol. The molecule has 1 aliphatic rings. The molecular weight excluding hydrogens is 358 g/mol. The highest BCUT2D eigenvalue weighted by Crippen LogP contribution is 2.30. The second-order valence-electron chi connectivity index (χ2n) is 5.53. The van der Waals surface area contributed by atoms with Crippen molar-refractivity contribution in [1.29, 1.82) is 0 Å². The van der Waals surface area contributed by atoms with E-state index in [4.69, 9.17) is 16.3 Å². The van der Waals surface area contributed by atoms with Gasteiger partial charge in [-0.3, -0.25) is 14.9 Å². The standard InChI is InChI=1S/C18H14ClN3O4/c1-11-15(8-12-6-7-17(26-2)16(9-12)22(24)25)18(23)21(20-11)14-5-3-4-13(19)10-14/h3-10H,1-2H3/b15-8+. The van der Waals surface area contributed by atoms with E-state index in [0.29, 0.717) is 27.6 Å². The quantitative estimate of drug-likeness (QED) is 0.460. The number of halogens is 1. The van der Waals surface area contributed by atoms with Crippen molar-refractivity contribution in [3.63, 3.8) is 0 Å². The zero-order valence-corrected chi connectivity index (χ0v) is 14.7. The number of ether oxygens (including phenoxy) is 1. The molecule has 0 N–H and O–H groups in total. The third-order valence-electron chi connectivity index (χ3n) is 3.83. The number of amides is 1. The van der Waals surface area contributed by atoms with E-state index in [1.54, 1.807) is 43.3 Å². The topological polar surface area (TPSA) is 85.0 Å². The number of anilines is 1. The van der Waals surface area contributed by atoms with Gasteiger partial charge in [0.25, 0.3) is 5.91 Å². The number of rotatable bonds is 4. The van der Waals surface area contributed by atoms with Gasteiger partial charge in [-0.25, -0.2) is 0 Å². The highest BCUT2D eigenvalue weighted by Gasteiger charge is 2.29. The summed E-state index contributed by atoms with van der Waals surface area (Å²) < 4.78 is 4.99. The van der Waals surface area contributed by atoms with E-state index in [2.05, 4.69) is 5.10 Å².